The maximum atomic E-state index is 12.4. The van der Waals surface area contributed by atoms with Gasteiger partial charge in [0, 0.05) is 18.7 Å². The number of aromatic hydroxyl groups is 1. The third-order valence-corrected chi connectivity index (χ3v) is 4.68. The van der Waals surface area contributed by atoms with Crippen LogP contribution in [0.4, 0.5) is 0 Å². The summed E-state index contributed by atoms with van der Waals surface area (Å²) in [4.78, 5) is 14.4. The molecule has 1 aliphatic rings. The fourth-order valence-corrected chi connectivity index (χ4v) is 2.86. The van der Waals surface area contributed by atoms with Gasteiger partial charge in [-0.25, -0.2) is 0 Å². The standard InChI is InChI=1S/C16H23NO2/c1-4-16(5-2)8-9-17(11-16)15(19)13-7-6-12(3)14(18)10-13/h6-7,10,18H,4-5,8-9,11H2,1-3H3. The Labute approximate surface area is 115 Å². The number of rotatable bonds is 3. The van der Waals surface area contributed by atoms with Crippen molar-refractivity contribution in [3.05, 3.63) is 29.3 Å². The Hall–Kier alpha value is -1.51. The van der Waals surface area contributed by atoms with Crippen LogP contribution in [-0.4, -0.2) is 29.0 Å². The van der Waals surface area contributed by atoms with Crippen molar-refractivity contribution in [3.63, 3.8) is 0 Å². The van der Waals surface area contributed by atoms with Gasteiger partial charge >= 0.3 is 0 Å². The first-order valence-corrected chi connectivity index (χ1v) is 7.10. The molecule has 1 amide bonds. The smallest absolute Gasteiger partial charge is 0.254 e. The highest BCUT2D eigenvalue weighted by atomic mass is 16.3. The lowest BCUT2D eigenvalue weighted by atomic mass is 9.82. The van der Waals surface area contributed by atoms with Crippen LogP contribution in [0, 0.1) is 12.3 Å². The van der Waals surface area contributed by atoms with Crippen molar-refractivity contribution in [2.75, 3.05) is 13.1 Å². The highest BCUT2D eigenvalue weighted by Gasteiger charge is 2.37. The van der Waals surface area contributed by atoms with Crippen LogP contribution in [0.25, 0.3) is 0 Å². The third kappa shape index (κ3) is 2.60. The van der Waals surface area contributed by atoms with E-state index in [1.165, 1.54) is 0 Å². The van der Waals surface area contributed by atoms with Crippen LogP contribution in [0.5, 0.6) is 5.75 Å². The Morgan fingerprint density at radius 1 is 1.37 bits per heavy atom. The number of hydrogen-bond donors (Lipinski definition) is 1. The Morgan fingerprint density at radius 2 is 2.05 bits per heavy atom. The van der Waals surface area contributed by atoms with Gasteiger partial charge in [-0.2, -0.15) is 0 Å². The second-order valence-corrected chi connectivity index (χ2v) is 5.69. The molecule has 0 aromatic heterocycles. The fourth-order valence-electron chi connectivity index (χ4n) is 2.86. The van der Waals surface area contributed by atoms with E-state index in [0.717, 1.165) is 37.9 Å². The van der Waals surface area contributed by atoms with Crippen LogP contribution < -0.4 is 0 Å². The predicted octanol–water partition coefficient (Wildman–Crippen LogP) is 3.35. The molecule has 0 spiro atoms. The second-order valence-electron chi connectivity index (χ2n) is 5.69. The van der Waals surface area contributed by atoms with E-state index in [4.69, 9.17) is 0 Å². The van der Waals surface area contributed by atoms with Gasteiger partial charge in [-0.05, 0) is 49.3 Å². The largest absolute Gasteiger partial charge is 0.508 e. The minimum atomic E-state index is 0.0408. The molecule has 104 valence electrons. The van der Waals surface area contributed by atoms with Gasteiger partial charge in [0.25, 0.3) is 5.91 Å². The molecule has 0 aliphatic carbocycles. The van der Waals surface area contributed by atoms with E-state index in [2.05, 4.69) is 13.8 Å². The zero-order valence-corrected chi connectivity index (χ0v) is 12.1. The van der Waals surface area contributed by atoms with Crippen LogP contribution in [0.2, 0.25) is 0 Å². The van der Waals surface area contributed by atoms with Crippen LogP contribution in [0.15, 0.2) is 18.2 Å². The lowest BCUT2D eigenvalue weighted by Gasteiger charge is -2.26. The van der Waals surface area contributed by atoms with Gasteiger partial charge in [0.05, 0.1) is 0 Å². The predicted molar refractivity (Wildman–Crippen MR) is 76.4 cm³/mol. The van der Waals surface area contributed by atoms with Gasteiger partial charge in [-0.1, -0.05) is 19.9 Å². The summed E-state index contributed by atoms with van der Waals surface area (Å²) in [7, 11) is 0. The van der Waals surface area contributed by atoms with E-state index in [9.17, 15) is 9.90 Å². The number of hydrogen-bond acceptors (Lipinski definition) is 2. The van der Waals surface area contributed by atoms with Crippen LogP contribution in [-0.2, 0) is 0 Å². The molecule has 0 radical (unpaired) electrons. The summed E-state index contributed by atoms with van der Waals surface area (Å²) in [6.45, 7) is 7.91. The van der Waals surface area contributed by atoms with Crippen molar-refractivity contribution in [1.82, 2.24) is 4.90 Å². The zero-order valence-electron chi connectivity index (χ0n) is 12.1. The van der Waals surface area contributed by atoms with Crippen molar-refractivity contribution < 1.29 is 9.90 Å². The molecule has 2 rings (SSSR count). The topological polar surface area (TPSA) is 40.5 Å². The molecule has 3 nitrogen and oxygen atoms in total. The van der Waals surface area contributed by atoms with Gasteiger partial charge in [0.15, 0.2) is 0 Å². The maximum Gasteiger partial charge on any atom is 0.254 e. The molecular weight excluding hydrogens is 238 g/mol. The summed E-state index contributed by atoms with van der Waals surface area (Å²) < 4.78 is 0. The lowest BCUT2D eigenvalue weighted by Crippen LogP contribution is -2.31. The van der Waals surface area contributed by atoms with E-state index < -0.39 is 0 Å². The summed E-state index contributed by atoms with van der Waals surface area (Å²) in [5, 5.41) is 9.72. The van der Waals surface area contributed by atoms with Gasteiger partial charge in [0.1, 0.15) is 5.75 Å². The quantitative estimate of drug-likeness (QED) is 0.906. The van der Waals surface area contributed by atoms with Gasteiger partial charge in [0.2, 0.25) is 0 Å². The molecule has 1 aromatic carbocycles. The van der Waals surface area contributed by atoms with Crippen molar-refractivity contribution in [2.45, 2.75) is 40.0 Å². The second kappa shape index (κ2) is 5.24. The third-order valence-electron chi connectivity index (χ3n) is 4.68. The Bertz CT molecular complexity index is 478. The van der Waals surface area contributed by atoms with E-state index in [-0.39, 0.29) is 11.7 Å². The van der Waals surface area contributed by atoms with E-state index in [0.29, 0.717) is 11.0 Å². The van der Waals surface area contributed by atoms with Crippen molar-refractivity contribution in [1.29, 1.82) is 0 Å². The molecule has 1 aromatic rings. The molecular formula is C16H23NO2. The Kier molecular flexibility index (Phi) is 3.83. The van der Waals surface area contributed by atoms with Crippen molar-refractivity contribution in [2.24, 2.45) is 5.41 Å². The molecule has 0 atom stereocenters. The summed E-state index contributed by atoms with van der Waals surface area (Å²) in [6.07, 6.45) is 3.32. The van der Waals surface area contributed by atoms with Gasteiger partial charge in [-0.15, -0.1) is 0 Å². The summed E-state index contributed by atoms with van der Waals surface area (Å²) >= 11 is 0. The van der Waals surface area contributed by atoms with Crippen LogP contribution in [0.1, 0.15) is 49.0 Å². The normalized spacial score (nSPS) is 17.7. The van der Waals surface area contributed by atoms with Crippen molar-refractivity contribution in [3.8, 4) is 5.75 Å². The molecule has 1 saturated heterocycles. The number of benzene rings is 1. The number of carbonyl (C=O) groups excluding carboxylic acids is 1. The highest BCUT2D eigenvalue weighted by molar-refractivity contribution is 5.95. The minimum absolute atomic E-state index is 0.0408. The first kappa shape index (κ1) is 13.9. The lowest BCUT2D eigenvalue weighted by molar-refractivity contribution is 0.0769. The molecule has 1 aliphatic heterocycles. The Balaban J connectivity index is 2.15. The molecule has 1 heterocycles. The van der Waals surface area contributed by atoms with Gasteiger partial charge in [-0.3, -0.25) is 4.79 Å². The molecule has 19 heavy (non-hydrogen) atoms. The number of aryl methyl sites for hydroxylation is 1. The number of carbonyl (C=O) groups is 1. The average molecular weight is 261 g/mol. The number of amides is 1. The molecule has 1 N–H and O–H groups in total. The molecule has 1 fully saturated rings. The number of nitrogens with zero attached hydrogens (tertiary/aromatic N) is 1. The monoisotopic (exact) mass is 261 g/mol. The summed E-state index contributed by atoms with van der Waals surface area (Å²) in [6, 6.07) is 5.18. The highest BCUT2D eigenvalue weighted by Crippen LogP contribution is 2.37. The first-order chi connectivity index (χ1) is 9.01. The first-order valence-electron chi connectivity index (χ1n) is 7.10. The van der Waals surface area contributed by atoms with E-state index in [1.807, 2.05) is 11.8 Å². The molecule has 0 bridgehead atoms. The van der Waals surface area contributed by atoms with E-state index in [1.54, 1.807) is 18.2 Å². The number of phenolic OH excluding ortho intramolecular Hbond substituents is 1. The maximum absolute atomic E-state index is 12.4. The number of likely N-dealkylation sites (tertiary alicyclic amines) is 1. The fraction of sp³-hybridized carbons (Fsp3) is 0.562. The van der Waals surface area contributed by atoms with Crippen LogP contribution >= 0.6 is 0 Å². The minimum Gasteiger partial charge on any atom is -0.508 e. The summed E-state index contributed by atoms with van der Waals surface area (Å²) in [5.74, 6) is 0.237. The van der Waals surface area contributed by atoms with Gasteiger partial charge < -0.3 is 10.0 Å². The Morgan fingerprint density at radius 3 is 2.58 bits per heavy atom. The summed E-state index contributed by atoms with van der Waals surface area (Å²) in [5.41, 5.74) is 1.68. The molecule has 3 heteroatoms. The SMILES string of the molecule is CCC1(CC)CCN(C(=O)c2ccc(C)c(O)c2)C1. The van der Waals surface area contributed by atoms with E-state index >= 15 is 0 Å². The molecule has 0 saturated carbocycles. The van der Waals surface area contributed by atoms with Crippen molar-refractivity contribution >= 4 is 5.91 Å². The number of phenols is 1. The van der Waals surface area contributed by atoms with Crippen LogP contribution in [0.3, 0.4) is 0 Å². The molecule has 0 unspecified atom stereocenters. The zero-order chi connectivity index (χ0) is 14.0. The average Bonchev–Trinajstić information content (AvgIpc) is 2.86.